The summed E-state index contributed by atoms with van der Waals surface area (Å²) in [5, 5.41) is 11.4. The topological polar surface area (TPSA) is 49.7 Å². The lowest BCUT2D eigenvalue weighted by molar-refractivity contribution is -0.111. The maximum Gasteiger partial charge on any atom is 0.177 e. The normalized spacial score (nSPS) is 11.7. The Hall–Kier alpha value is -0.860. The van der Waals surface area contributed by atoms with E-state index in [9.17, 15) is 4.79 Å². The third-order valence-corrected chi connectivity index (χ3v) is 2.04. The smallest absolute Gasteiger partial charge is 0.177 e. The lowest BCUT2D eigenvalue weighted by atomic mass is 10.1. The number of carbonyl (C=O) groups is 1. The van der Waals surface area contributed by atoms with Crippen LogP contribution in [0.15, 0.2) is 5.16 Å². The Kier molecular flexibility index (Phi) is 7.26. The Morgan fingerprint density at radius 1 is 1.23 bits per heavy atom. The highest BCUT2D eigenvalue weighted by atomic mass is 16.4. The van der Waals surface area contributed by atoms with Gasteiger partial charge in [0.2, 0.25) is 0 Å². The first-order chi connectivity index (χ1) is 6.22. The summed E-state index contributed by atoms with van der Waals surface area (Å²) in [4.78, 5) is 10.8. The number of nitrogens with zero attached hydrogens (tertiary/aromatic N) is 1. The van der Waals surface area contributed by atoms with Gasteiger partial charge in [0, 0.05) is 6.92 Å². The fourth-order valence-electron chi connectivity index (χ4n) is 1.19. The van der Waals surface area contributed by atoms with Crippen molar-refractivity contribution in [1.82, 2.24) is 0 Å². The van der Waals surface area contributed by atoms with Crippen molar-refractivity contribution in [3.63, 3.8) is 0 Å². The average molecular weight is 185 g/mol. The highest BCUT2D eigenvalue weighted by Crippen LogP contribution is 2.06. The molecule has 0 aromatic carbocycles. The number of unbranched alkanes of at least 4 members (excludes halogenated alkanes) is 4. The van der Waals surface area contributed by atoms with Gasteiger partial charge in [-0.25, -0.2) is 0 Å². The summed E-state index contributed by atoms with van der Waals surface area (Å²) in [5.74, 6) is -0.127. The molecule has 0 aliphatic heterocycles. The van der Waals surface area contributed by atoms with Gasteiger partial charge in [0.15, 0.2) is 5.78 Å². The lowest BCUT2D eigenvalue weighted by Crippen LogP contribution is -2.09. The summed E-state index contributed by atoms with van der Waals surface area (Å²) in [5.41, 5.74) is 0.302. The van der Waals surface area contributed by atoms with Crippen LogP contribution in [0.3, 0.4) is 0 Å². The van der Waals surface area contributed by atoms with Gasteiger partial charge in [-0.05, 0) is 12.8 Å². The maximum absolute atomic E-state index is 10.8. The van der Waals surface area contributed by atoms with Crippen molar-refractivity contribution < 1.29 is 10.0 Å². The molecule has 0 amide bonds. The van der Waals surface area contributed by atoms with Gasteiger partial charge in [0.05, 0.1) is 0 Å². The van der Waals surface area contributed by atoms with E-state index in [1.54, 1.807) is 0 Å². The number of hydrogen-bond donors (Lipinski definition) is 1. The van der Waals surface area contributed by atoms with Gasteiger partial charge in [-0.3, -0.25) is 4.79 Å². The summed E-state index contributed by atoms with van der Waals surface area (Å²) in [6, 6.07) is 0. The minimum Gasteiger partial charge on any atom is -0.411 e. The van der Waals surface area contributed by atoms with Crippen molar-refractivity contribution >= 4 is 11.5 Å². The van der Waals surface area contributed by atoms with Crippen molar-refractivity contribution in [2.24, 2.45) is 5.16 Å². The predicted molar refractivity (Wildman–Crippen MR) is 53.3 cm³/mol. The minimum atomic E-state index is -0.127. The summed E-state index contributed by atoms with van der Waals surface area (Å²) in [6.07, 6.45) is 6.32. The van der Waals surface area contributed by atoms with Crippen LogP contribution in [0.1, 0.15) is 52.4 Å². The molecule has 0 saturated carbocycles. The van der Waals surface area contributed by atoms with E-state index in [0.29, 0.717) is 12.1 Å². The van der Waals surface area contributed by atoms with Crippen LogP contribution in [-0.2, 0) is 4.79 Å². The summed E-state index contributed by atoms with van der Waals surface area (Å²) >= 11 is 0. The van der Waals surface area contributed by atoms with E-state index in [1.165, 1.54) is 26.2 Å². The standard InChI is InChI=1S/C10H19NO2/c1-3-4-5-6-7-8-10(11-13)9(2)12/h13H,3-8H2,1-2H3. The molecule has 0 aliphatic rings. The fourth-order valence-corrected chi connectivity index (χ4v) is 1.19. The molecule has 3 heteroatoms. The second kappa shape index (κ2) is 7.77. The van der Waals surface area contributed by atoms with Crippen LogP contribution in [-0.4, -0.2) is 16.7 Å². The van der Waals surface area contributed by atoms with Crippen LogP contribution in [0.4, 0.5) is 0 Å². The lowest BCUT2D eigenvalue weighted by Gasteiger charge is -1.99. The number of hydrogen-bond acceptors (Lipinski definition) is 3. The molecule has 0 aromatic rings. The molecule has 0 heterocycles. The van der Waals surface area contributed by atoms with Gasteiger partial charge in [0.25, 0.3) is 0 Å². The SMILES string of the molecule is CCCCCCCC(=NO)C(C)=O. The molecule has 0 fully saturated rings. The van der Waals surface area contributed by atoms with E-state index in [1.807, 2.05) is 0 Å². The predicted octanol–water partition coefficient (Wildman–Crippen LogP) is 2.77. The van der Waals surface area contributed by atoms with E-state index in [-0.39, 0.29) is 5.78 Å². The molecule has 0 rings (SSSR count). The van der Waals surface area contributed by atoms with E-state index < -0.39 is 0 Å². The van der Waals surface area contributed by atoms with Crippen LogP contribution in [0.2, 0.25) is 0 Å². The van der Waals surface area contributed by atoms with Crippen LogP contribution in [0, 0.1) is 0 Å². The number of carbonyl (C=O) groups excluding carboxylic acids is 1. The number of Topliss-reactive ketones (excluding diaryl/α,β-unsaturated/α-hetero) is 1. The van der Waals surface area contributed by atoms with Crippen molar-refractivity contribution in [1.29, 1.82) is 0 Å². The molecule has 0 bridgehead atoms. The molecule has 0 aromatic heterocycles. The van der Waals surface area contributed by atoms with E-state index in [2.05, 4.69) is 12.1 Å². The first-order valence-electron chi connectivity index (χ1n) is 4.94. The van der Waals surface area contributed by atoms with Gasteiger partial charge in [-0.15, -0.1) is 0 Å². The van der Waals surface area contributed by atoms with Crippen LogP contribution in [0.25, 0.3) is 0 Å². The Morgan fingerprint density at radius 2 is 1.85 bits per heavy atom. The Morgan fingerprint density at radius 3 is 2.31 bits per heavy atom. The van der Waals surface area contributed by atoms with Gasteiger partial charge in [-0.1, -0.05) is 37.8 Å². The van der Waals surface area contributed by atoms with Gasteiger partial charge in [0.1, 0.15) is 5.71 Å². The zero-order chi connectivity index (χ0) is 10.1. The van der Waals surface area contributed by atoms with E-state index >= 15 is 0 Å². The fraction of sp³-hybridized carbons (Fsp3) is 0.800. The first-order valence-corrected chi connectivity index (χ1v) is 4.94. The Balaban J connectivity index is 3.46. The zero-order valence-corrected chi connectivity index (χ0v) is 8.55. The Bertz CT molecular complexity index is 176. The third kappa shape index (κ3) is 6.31. The number of rotatable bonds is 7. The van der Waals surface area contributed by atoms with Gasteiger partial charge in [-0.2, -0.15) is 0 Å². The van der Waals surface area contributed by atoms with Crippen LogP contribution in [0.5, 0.6) is 0 Å². The quantitative estimate of drug-likeness (QED) is 0.287. The second-order valence-corrected chi connectivity index (χ2v) is 3.27. The zero-order valence-electron chi connectivity index (χ0n) is 8.55. The van der Waals surface area contributed by atoms with E-state index in [4.69, 9.17) is 5.21 Å². The molecule has 0 saturated heterocycles. The average Bonchev–Trinajstić information content (AvgIpc) is 2.10. The highest BCUT2D eigenvalue weighted by Gasteiger charge is 2.05. The summed E-state index contributed by atoms with van der Waals surface area (Å²) in [6.45, 7) is 3.59. The second-order valence-electron chi connectivity index (χ2n) is 3.27. The molecular weight excluding hydrogens is 166 g/mol. The van der Waals surface area contributed by atoms with Crippen molar-refractivity contribution in [3.05, 3.63) is 0 Å². The van der Waals surface area contributed by atoms with Crippen molar-refractivity contribution in [2.75, 3.05) is 0 Å². The molecular formula is C10H19NO2. The van der Waals surface area contributed by atoms with Crippen LogP contribution < -0.4 is 0 Å². The van der Waals surface area contributed by atoms with Crippen molar-refractivity contribution in [2.45, 2.75) is 52.4 Å². The molecule has 1 N–H and O–H groups in total. The third-order valence-electron chi connectivity index (χ3n) is 2.04. The largest absolute Gasteiger partial charge is 0.411 e. The summed E-state index contributed by atoms with van der Waals surface area (Å²) in [7, 11) is 0. The molecule has 0 unspecified atom stereocenters. The van der Waals surface area contributed by atoms with Gasteiger partial charge >= 0.3 is 0 Å². The van der Waals surface area contributed by atoms with E-state index in [0.717, 1.165) is 12.8 Å². The number of oxime groups is 1. The molecule has 0 radical (unpaired) electrons. The molecule has 76 valence electrons. The molecule has 3 nitrogen and oxygen atoms in total. The molecule has 0 atom stereocenters. The minimum absolute atomic E-state index is 0.127. The van der Waals surface area contributed by atoms with Crippen LogP contribution >= 0.6 is 0 Å². The molecule has 13 heavy (non-hydrogen) atoms. The molecule has 0 aliphatic carbocycles. The maximum atomic E-state index is 10.8. The van der Waals surface area contributed by atoms with Gasteiger partial charge < -0.3 is 5.21 Å². The Labute approximate surface area is 79.8 Å². The monoisotopic (exact) mass is 185 g/mol. The first kappa shape index (κ1) is 12.1. The van der Waals surface area contributed by atoms with Crippen molar-refractivity contribution in [3.8, 4) is 0 Å². The highest BCUT2D eigenvalue weighted by molar-refractivity contribution is 6.38. The molecule has 0 spiro atoms. The number of ketones is 1. The summed E-state index contributed by atoms with van der Waals surface area (Å²) < 4.78 is 0.